The summed E-state index contributed by atoms with van der Waals surface area (Å²) in [4.78, 5) is 34.9. The Morgan fingerprint density at radius 2 is 1.73 bits per heavy atom. The lowest BCUT2D eigenvalue weighted by atomic mass is 10.2. The Hall–Kier alpha value is -3.19. The summed E-state index contributed by atoms with van der Waals surface area (Å²) in [5.74, 6) is 0.287. The molecule has 7 heteroatoms. The van der Waals surface area contributed by atoms with Crippen molar-refractivity contribution in [1.29, 1.82) is 0 Å². The van der Waals surface area contributed by atoms with Gasteiger partial charge in [0.15, 0.2) is 0 Å². The molecule has 0 unspecified atom stereocenters. The summed E-state index contributed by atoms with van der Waals surface area (Å²) in [7, 11) is 0. The summed E-state index contributed by atoms with van der Waals surface area (Å²) in [5, 5.41) is 3.52. The van der Waals surface area contributed by atoms with E-state index in [2.05, 4.69) is 27.0 Å². The summed E-state index contributed by atoms with van der Waals surface area (Å²) < 4.78 is 1.43. The van der Waals surface area contributed by atoms with Gasteiger partial charge in [0.25, 0.3) is 5.56 Å². The van der Waals surface area contributed by atoms with E-state index in [1.807, 2.05) is 36.4 Å². The van der Waals surface area contributed by atoms with Crippen molar-refractivity contribution in [1.82, 2.24) is 14.5 Å². The second-order valence-electron chi connectivity index (χ2n) is 7.55. The predicted octanol–water partition coefficient (Wildman–Crippen LogP) is 2.49. The molecule has 1 N–H and O–H groups in total. The van der Waals surface area contributed by atoms with Crippen LogP contribution in [0.15, 0.2) is 53.3 Å². The Labute approximate surface area is 175 Å². The van der Waals surface area contributed by atoms with Crippen molar-refractivity contribution in [2.24, 2.45) is 0 Å². The van der Waals surface area contributed by atoms with E-state index in [9.17, 15) is 9.59 Å². The van der Waals surface area contributed by atoms with Crippen LogP contribution in [0.1, 0.15) is 12.7 Å². The molecule has 0 saturated carbocycles. The number of hydrogen-bond acceptors (Lipinski definition) is 5. The molecule has 0 atom stereocenters. The number of benzene rings is 2. The van der Waals surface area contributed by atoms with Gasteiger partial charge in [-0.05, 0) is 37.7 Å². The molecule has 2 aromatic carbocycles. The number of rotatable bonds is 5. The third-order valence-corrected chi connectivity index (χ3v) is 5.69. The van der Waals surface area contributed by atoms with Gasteiger partial charge in [0.05, 0.1) is 22.3 Å². The van der Waals surface area contributed by atoms with Gasteiger partial charge in [-0.15, -0.1) is 0 Å². The monoisotopic (exact) mass is 405 g/mol. The quantitative estimate of drug-likeness (QED) is 0.706. The van der Waals surface area contributed by atoms with Gasteiger partial charge >= 0.3 is 0 Å². The number of carbonyl (C=O) groups excluding carboxylic acids is 1. The summed E-state index contributed by atoms with van der Waals surface area (Å²) >= 11 is 0. The molecule has 1 aliphatic heterocycles. The summed E-state index contributed by atoms with van der Waals surface area (Å²) in [6.07, 6.45) is 0. The predicted molar refractivity (Wildman–Crippen MR) is 120 cm³/mol. The molecular weight excluding hydrogens is 378 g/mol. The first-order valence-corrected chi connectivity index (χ1v) is 10.4. The molecule has 1 amide bonds. The van der Waals surface area contributed by atoms with Crippen LogP contribution in [0.3, 0.4) is 0 Å². The van der Waals surface area contributed by atoms with Crippen LogP contribution in [0.2, 0.25) is 0 Å². The van der Waals surface area contributed by atoms with Gasteiger partial charge in [-0.1, -0.05) is 31.2 Å². The fraction of sp³-hybridized carbons (Fsp3) is 0.348. The van der Waals surface area contributed by atoms with Crippen LogP contribution in [-0.2, 0) is 11.3 Å². The number of aromatic nitrogens is 2. The molecular formula is C23H27N5O2. The van der Waals surface area contributed by atoms with Gasteiger partial charge in [-0.2, -0.15) is 0 Å². The maximum absolute atomic E-state index is 12.8. The zero-order valence-corrected chi connectivity index (χ0v) is 17.5. The maximum Gasteiger partial charge on any atom is 0.261 e. The molecule has 1 fully saturated rings. The molecule has 1 aliphatic rings. The van der Waals surface area contributed by atoms with E-state index >= 15 is 0 Å². The molecule has 4 rings (SSSR count). The van der Waals surface area contributed by atoms with Crippen molar-refractivity contribution < 1.29 is 4.79 Å². The Morgan fingerprint density at radius 1 is 1.03 bits per heavy atom. The Kier molecular flexibility index (Phi) is 5.81. The molecule has 7 nitrogen and oxygen atoms in total. The molecule has 3 aromatic rings. The normalized spacial score (nSPS) is 14.8. The van der Waals surface area contributed by atoms with E-state index in [0.717, 1.165) is 44.1 Å². The van der Waals surface area contributed by atoms with Gasteiger partial charge < -0.3 is 15.1 Å². The number of anilines is 2. The van der Waals surface area contributed by atoms with Crippen LogP contribution in [0.5, 0.6) is 0 Å². The Balaban J connectivity index is 1.53. The number of nitrogens with one attached hydrogen (secondary N) is 1. The highest BCUT2D eigenvalue weighted by Gasteiger charge is 2.19. The largest absolute Gasteiger partial charge is 0.367 e. The average Bonchev–Trinajstić information content (AvgIpc) is 2.77. The fourth-order valence-electron chi connectivity index (χ4n) is 3.96. The minimum Gasteiger partial charge on any atom is -0.367 e. The van der Waals surface area contributed by atoms with Crippen molar-refractivity contribution >= 4 is 28.2 Å². The number of likely N-dealkylation sites (N-methyl/N-ethyl adjacent to an activating group) is 1. The van der Waals surface area contributed by atoms with Crippen LogP contribution in [0, 0.1) is 6.92 Å². The van der Waals surface area contributed by atoms with E-state index in [-0.39, 0.29) is 18.0 Å². The number of piperazine rings is 1. The first kappa shape index (κ1) is 20.1. The van der Waals surface area contributed by atoms with Crippen LogP contribution in [-0.4, -0.2) is 53.1 Å². The van der Waals surface area contributed by atoms with E-state index in [1.165, 1.54) is 4.57 Å². The standard InChI is InChI=1S/C23H27N5O2/c1-3-26-12-14-27(15-13-26)21-11-7-6-10-20(21)25-22(29)16-28-17(2)24-19-9-5-4-8-18(19)23(28)30/h4-11H,3,12-16H2,1-2H3,(H,25,29). The molecule has 0 radical (unpaired) electrons. The zero-order valence-electron chi connectivity index (χ0n) is 17.5. The molecule has 156 valence electrons. The molecule has 1 aromatic heterocycles. The number of carbonyl (C=O) groups is 1. The van der Waals surface area contributed by atoms with Gasteiger partial charge in [0.1, 0.15) is 12.4 Å². The first-order valence-electron chi connectivity index (χ1n) is 10.4. The molecule has 0 aliphatic carbocycles. The molecule has 1 saturated heterocycles. The van der Waals surface area contributed by atoms with Crippen LogP contribution < -0.4 is 15.8 Å². The highest BCUT2D eigenvalue weighted by molar-refractivity contribution is 5.94. The highest BCUT2D eigenvalue weighted by atomic mass is 16.2. The molecule has 0 spiro atoms. The smallest absolute Gasteiger partial charge is 0.261 e. The third kappa shape index (κ3) is 4.07. The average molecular weight is 406 g/mol. The van der Waals surface area contributed by atoms with Gasteiger partial charge in [-0.25, -0.2) is 4.98 Å². The zero-order chi connectivity index (χ0) is 21.1. The van der Waals surface area contributed by atoms with Crippen molar-refractivity contribution in [3.63, 3.8) is 0 Å². The highest BCUT2D eigenvalue weighted by Crippen LogP contribution is 2.26. The summed E-state index contributed by atoms with van der Waals surface area (Å²) in [6.45, 7) is 8.78. The van der Waals surface area contributed by atoms with Crippen molar-refractivity contribution in [2.45, 2.75) is 20.4 Å². The number of nitrogens with zero attached hydrogens (tertiary/aromatic N) is 4. The molecule has 30 heavy (non-hydrogen) atoms. The number of hydrogen-bond donors (Lipinski definition) is 1. The summed E-state index contributed by atoms with van der Waals surface area (Å²) in [6, 6.07) is 15.0. The minimum absolute atomic E-state index is 0.0690. The Morgan fingerprint density at radius 3 is 2.50 bits per heavy atom. The molecule has 2 heterocycles. The second-order valence-corrected chi connectivity index (χ2v) is 7.55. The number of aryl methyl sites for hydroxylation is 1. The van der Waals surface area contributed by atoms with Gasteiger partial charge in [0, 0.05) is 26.2 Å². The van der Waals surface area contributed by atoms with Crippen molar-refractivity contribution in [2.75, 3.05) is 42.9 Å². The van der Waals surface area contributed by atoms with E-state index in [1.54, 1.807) is 19.1 Å². The first-order chi connectivity index (χ1) is 14.6. The fourth-order valence-corrected chi connectivity index (χ4v) is 3.96. The van der Waals surface area contributed by atoms with E-state index < -0.39 is 0 Å². The van der Waals surface area contributed by atoms with Crippen LogP contribution in [0.25, 0.3) is 10.9 Å². The lowest BCUT2D eigenvalue weighted by molar-refractivity contribution is -0.116. The second kappa shape index (κ2) is 8.67. The van der Waals surface area contributed by atoms with E-state index in [0.29, 0.717) is 16.7 Å². The Bertz CT molecular complexity index is 1120. The lowest BCUT2D eigenvalue weighted by Gasteiger charge is -2.36. The van der Waals surface area contributed by atoms with Crippen LogP contribution >= 0.6 is 0 Å². The van der Waals surface area contributed by atoms with Crippen molar-refractivity contribution in [3.8, 4) is 0 Å². The third-order valence-electron chi connectivity index (χ3n) is 5.69. The SMILES string of the molecule is CCN1CCN(c2ccccc2NC(=O)Cn2c(C)nc3ccccc3c2=O)CC1. The van der Waals surface area contributed by atoms with Gasteiger partial charge in [-0.3, -0.25) is 14.2 Å². The number of fused-ring (bicyclic) bond motifs is 1. The number of para-hydroxylation sites is 3. The summed E-state index contributed by atoms with van der Waals surface area (Å²) in [5.41, 5.74) is 2.24. The lowest BCUT2D eigenvalue weighted by Crippen LogP contribution is -2.46. The van der Waals surface area contributed by atoms with Crippen LogP contribution in [0.4, 0.5) is 11.4 Å². The molecule has 0 bridgehead atoms. The van der Waals surface area contributed by atoms with Crippen molar-refractivity contribution in [3.05, 3.63) is 64.7 Å². The van der Waals surface area contributed by atoms with Gasteiger partial charge in [0.2, 0.25) is 5.91 Å². The topological polar surface area (TPSA) is 70.5 Å². The maximum atomic E-state index is 12.8. The number of amides is 1. The van der Waals surface area contributed by atoms with E-state index in [4.69, 9.17) is 0 Å². The minimum atomic E-state index is -0.239.